The van der Waals surface area contributed by atoms with E-state index in [1.54, 1.807) is 23.9 Å². The number of aryl methyl sites for hydroxylation is 1. The van der Waals surface area contributed by atoms with Gasteiger partial charge >= 0.3 is 18.4 Å². The van der Waals surface area contributed by atoms with Crippen molar-refractivity contribution in [3.63, 3.8) is 0 Å². The molecule has 2 aliphatic heterocycles. The third-order valence-electron chi connectivity index (χ3n) is 6.12. The summed E-state index contributed by atoms with van der Waals surface area (Å²) in [6.07, 6.45) is -17.3. The lowest BCUT2D eigenvalue weighted by Gasteiger charge is -2.26. The van der Waals surface area contributed by atoms with Gasteiger partial charge in [-0.1, -0.05) is 12.1 Å². The molecule has 1 amide bonds. The Morgan fingerprint density at radius 2 is 1.68 bits per heavy atom. The highest BCUT2D eigenvalue weighted by Gasteiger charge is 2.60. The maximum absolute atomic E-state index is 13.5. The van der Waals surface area contributed by atoms with Crippen molar-refractivity contribution in [3.8, 4) is 11.3 Å². The van der Waals surface area contributed by atoms with Crippen LogP contribution in [0.2, 0.25) is 0 Å². The molecule has 0 N–H and O–H groups in total. The zero-order valence-electron chi connectivity index (χ0n) is 17.9. The molecule has 2 aliphatic rings. The number of rotatable bonds is 4. The maximum Gasteiger partial charge on any atom is 0.434 e. The molecule has 6 nitrogen and oxygen atoms in total. The smallest absolute Gasteiger partial charge is 0.426 e. The monoisotopic (exact) mass is 494 g/mol. The van der Waals surface area contributed by atoms with Gasteiger partial charge in [-0.3, -0.25) is 9.58 Å². The van der Waals surface area contributed by atoms with E-state index in [4.69, 9.17) is 0 Å². The lowest BCUT2D eigenvalue weighted by Crippen LogP contribution is -2.48. The van der Waals surface area contributed by atoms with Crippen LogP contribution in [0.15, 0.2) is 30.3 Å². The lowest BCUT2D eigenvalue weighted by molar-refractivity contribution is -0.308. The molecule has 1 aromatic carbocycles. The number of fused-ring (bicyclic) bond motifs is 1. The van der Waals surface area contributed by atoms with Crippen molar-refractivity contribution in [1.29, 1.82) is 0 Å². The van der Waals surface area contributed by atoms with Crippen LogP contribution in [0, 0.1) is 17.7 Å². The van der Waals surface area contributed by atoms with Gasteiger partial charge in [-0.15, -0.1) is 0 Å². The molecule has 2 saturated heterocycles. The third-order valence-corrected chi connectivity index (χ3v) is 6.12. The first-order valence-electron chi connectivity index (χ1n) is 10.4. The van der Waals surface area contributed by atoms with Crippen molar-refractivity contribution in [2.24, 2.45) is 18.9 Å². The van der Waals surface area contributed by atoms with Gasteiger partial charge in [-0.25, -0.2) is 9.18 Å². The average molecular weight is 494 g/mol. The molecular weight excluding hydrogens is 473 g/mol. The Balaban J connectivity index is 1.34. The molecule has 1 aromatic heterocycles. The van der Waals surface area contributed by atoms with E-state index in [1.807, 2.05) is 6.07 Å². The Labute approximate surface area is 189 Å². The number of halogens is 7. The molecular formula is C21H21F7N4O2. The highest BCUT2D eigenvalue weighted by Crippen LogP contribution is 2.37. The van der Waals surface area contributed by atoms with E-state index in [2.05, 4.69) is 14.7 Å². The average Bonchev–Trinajstić information content (AvgIpc) is 3.38. The SMILES string of the molecule is Cn1nc(-c2cccc(F)c2)cc1CN1CC2CN(C(=O)OC(C(F)(F)F)C(F)(F)F)CC2C1. The van der Waals surface area contributed by atoms with Crippen LogP contribution < -0.4 is 0 Å². The van der Waals surface area contributed by atoms with E-state index >= 15 is 0 Å². The van der Waals surface area contributed by atoms with Gasteiger partial charge in [0.15, 0.2) is 0 Å². The van der Waals surface area contributed by atoms with Crippen LogP contribution in [0.5, 0.6) is 0 Å². The van der Waals surface area contributed by atoms with Gasteiger partial charge in [0.05, 0.1) is 11.4 Å². The molecule has 2 aromatic rings. The van der Waals surface area contributed by atoms with Gasteiger partial charge in [-0.2, -0.15) is 31.4 Å². The minimum absolute atomic E-state index is 0.0162. The molecule has 2 fully saturated rings. The molecule has 0 radical (unpaired) electrons. The number of nitrogens with zero attached hydrogens (tertiary/aromatic N) is 4. The Kier molecular flexibility index (Phi) is 6.25. The van der Waals surface area contributed by atoms with Crippen molar-refractivity contribution in [2.75, 3.05) is 26.2 Å². The van der Waals surface area contributed by atoms with E-state index in [-0.39, 0.29) is 30.7 Å². The number of hydrogen-bond acceptors (Lipinski definition) is 4. The third kappa shape index (κ3) is 5.13. The molecule has 0 spiro atoms. The van der Waals surface area contributed by atoms with Gasteiger partial charge < -0.3 is 9.64 Å². The Bertz CT molecular complexity index is 1020. The van der Waals surface area contributed by atoms with E-state index in [0.29, 0.717) is 30.9 Å². The summed E-state index contributed by atoms with van der Waals surface area (Å²) in [6.45, 7) is 1.55. The van der Waals surface area contributed by atoms with Crippen LogP contribution in [0.4, 0.5) is 35.5 Å². The molecule has 2 atom stereocenters. The molecule has 3 heterocycles. The highest BCUT2D eigenvalue weighted by atomic mass is 19.4. The first-order chi connectivity index (χ1) is 15.8. The highest BCUT2D eigenvalue weighted by molar-refractivity contribution is 5.68. The lowest BCUT2D eigenvalue weighted by atomic mass is 10.0. The summed E-state index contributed by atoms with van der Waals surface area (Å²) in [5.41, 5.74) is 2.09. The van der Waals surface area contributed by atoms with Crippen LogP contribution in [0.1, 0.15) is 5.69 Å². The Morgan fingerprint density at radius 1 is 1.06 bits per heavy atom. The van der Waals surface area contributed by atoms with Crippen LogP contribution in [0.25, 0.3) is 11.3 Å². The summed E-state index contributed by atoms with van der Waals surface area (Å²) in [6, 6.07) is 7.87. The molecule has 13 heteroatoms. The number of carbonyl (C=O) groups is 1. The number of likely N-dealkylation sites (tertiary alicyclic amines) is 2. The minimum Gasteiger partial charge on any atom is -0.426 e. The fraction of sp³-hybridized carbons (Fsp3) is 0.524. The second-order valence-electron chi connectivity index (χ2n) is 8.62. The standard InChI is InChI=1S/C21H21F7N4O2/c1-30-16(6-17(29-30)12-3-2-4-15(22)5-12)11-31-7-13-9-32(10-14(13)8-31)19(33)34-18(20(23,24)25)21(26,27)28/h2-6,13-14,18H,7-11H2,1H3. The zero-order valence-corrected chi connectivity index (χ0v) is 17.9. The van der Waals surface area contributed by atoms with E-state index in [1.165, 1.54) is 12.1 Å². The number of ether oxygens (including phenoxy) is 1. The van der Waals surface area contributed by atoms with Crippen LogP contribution in [0.3, 0.4) is 0 Å². The molecule has 0 saturated carbocycles. The van der Waals surface area contributed by atoms with Crippen LogP contribution >= 0.6 is 0 Å². The van der Waals surface area contributed by atoms with Crippen molar-refractivity contribution in [2.45, 2.75) is 25.0 Å². The molecule has 0 bridgehead atoms. The Morgan fingerprint density at radius 3 is 2.24 bits per heavy atom. The topological polar surface area (TPSA) is 50.6 Å². The summed E-state index contributed by atoms with van der Waals surface area (Å²) in [4.78, 5) is 15.0. The van der Waals surface area contributed by atoms with E-state index in [0.717, 1.165) is 10.6 Å². The van der Waals surface area contributed by atoms with Crippen LogP contribution in [-0.4, -0.2) is 70.3 Å². The summed E-state index contributed by atoms with van der Waals surface area (Å²) in [5, 5.41) is 4.41. The van der Waals surface area contributed by atoms with Gasteiger partial charge in [0.2, 0.25) is 0 Å². The number of benzene rings is 1. The summed E-state index contributed by atoms with van der Waals surface area (Å²) >= 11 is 0. The van der Waals surface area contributed by atoms with Gasteiger partial charge in [0.1, 0.15) is 5.82 Å². The van der Waals surface area contributed by atoms with Crippen molar-refractivity contribution in [3.05, 3.63) is 41.8 Å². The molecule has 186 valence electrons. The van der Waals surface area contributed by atoms with Gasteiger partial charge in [0, 0.05) is 45.3 Å². The van der Waals surface area contributed by atoms with Crippen LogP contribution in [-0.2, 0) is 18.3 Å². The number of carbonyl (C=O) groups excluding carboxylic acids is 1. The number of alkyl halides is 6. The number of amides is 1. The predicted octanol–water partition coefficient (Wildman–Crippen LogP) is 4.22. The quantitative estimate of drug-likeness (QED) is 0.598. The summed E-state index contributed by atoms with van der Waals surface area (Å²) < 4.78 is 95.0. The first-order valence-corrected chi connectivity index (χ1v) is 10.4. The summed E-state index contributed by atoms with van der Waals surface area (Å²) in [7, 11) is 1.75. The number of hydrogen-bond donors (Lipinski definition) is 0. The first kappa shape index (κ1) is 24.3. The van der Waals surface area contributed by atoms with Crippen molar-refractivity contribution in [1.82, 2.24) is 19.6 Å². The van der Waals surface area contributed by atoms with E-state index in [9.17, 15) is 35.5 Å². The normalized spacial score (nSPS) is 21.4. The minimum atomic E-state index is -5.74. The fourth-order valence-electron chi connectivity index (χ4n) is 4.53. The molecule has 34 heavy (non-hydrogen) atoms. The predicted molar refractivity (Wildman–Crippen MR) is 105 cm³/mol. The number of aromatic nitrogens is 2. The maximum atomic E-state index is 13.5. The second kappa shape index (κ2) is 8.75. The second-order valence-corrected chi connectivity index (χ2v) is 8.62. The van der Waals surface area contributed by atoms with Crippen molar-refractivity contribution < 1.29 is 40.3 Å². The van der Waals surface area contributed by atoms with Gasteiger partial charge in [-0.05, 0) is 30.0 Å². The fourth-order valence-corrected chi connectivity index (χ4v) is 4.53. The van der Waals surface area contributed by atoms with E-state index < -0.39 is 24.5 Å². The zero-order chi connectivity index (χ0) is 24.8. The van der Waals surface area contributed by atoms with Gasteiger partial charge in [0.25, 0.3) is 6.10 Å². The largest absolute Gasteiger partial charge is 0.434 e. The Hall–Kier alpha value is -2.83. The molecule has 0 aliphatic carbocycles. The van der Waals surface area contributed by atoms with Crippen molar-refractivity contribution >= 4 is 6.09 Å². The molecule has 2 unspecified atom stereocenters. The summed E-state index contributed by atoms with van der Waals surface area (Å²) in [5.74, 6) is -0.575. The molecule has 4 rings (SSSR count).